The third-order valence-corrected chi connectivity index (χ3v) is 5.95. The number of nitrogens with zero attached hydrogens (tertiary/aromatic N) is 7. The van der Waals surface area contributed by atoms with Crippen LogP contribution in [0.2, 0.25) is 0 Å². The Hall–Kier alpha value is -4.53. The first-order chi connectivity index (χ1) is 17.8. The van der Waals surface area contributed by atoms with Crippen LogP contribution in [0.5, 0.6) is 5.88 Å². The average Bonchev–Trinajstić information content (AvgIpc) is 3.67. The topological polar surface area (TPSA) is 114 Å². The van der Waals surface area contributed by atoms with Crippen molar-refractivity contribution < 1.29 is 17.9 Å². The molecule has 1 saturated carbocycles. The molecule has 1 aromatic carbocycles. The molecule has 3 aromatic heterocycles. The second-order valence-corrected chi connectivity index (χ2v) is 8.59. The number of halogens is 3. The highest BCUT2D eigenvalue weighted by molar-refractivity contribution is 5.68. The van der Waals surface area contributed by atoms with Crippen molar-refractivity contribution in [2.45, 2.75) is 38.4 Å². The van der Waals surface area contributed by atoms with Gasteiger partial charge in [-0.2, -0.15) is 23.5 Å². The van der Waals surface area contributed by atoms with Crippen molar-refractivity contribution in [3.8, 4) is 29.0 Å². The lowest BCUT2D eigenvalue weighted by Gasteiger charge is -2.13. The third-order valence-electron chi connectivity index (χ3n) is 5.95. The summed E-state index contributed by atoms with van der Waals surface area (Å²) in [7, 11) is 1.52. The molecule has 0 atom stereocenters. The summed E-state index contributed by atoms with van der Waals surface area (Å²) in [4.78, 5) is 17.6. The largest absolute Gasteiger partial charge is 0.480 e. The van der Waals surface area contributed by atoms with Crippen molar-refractivity contribution in [1.82, 2.24) is 29.7 Å². The average molecular weight is 506 g/mol. The second-order valence-electron chi connectivity index (χ2n) is 8.59. The Morgan fingerprint density at radius 2 is 1.92 bits per heavy atom. The highest BCUT2D eigenvalue weighted by Gasteiger charge is 2.34. The van der Waals surface area contributed by atoms with E-state index in [-0.39, 0.29) is 5.56 Å². The number of aromatic nitrogens is 6. The Bertz CT molecular complexity index is 1490. The van der Waals surface area contributed by atoms with Gasteiger partial charge in [0, 0.05) is 18.2 Å². The van der Waals surface area contributed by atoms with E-state index in [1.807, 2.05) is 0 Å². The number of hydrogen-bond acceptors (Lipinski definition) is 8. The molecule has 5 rings (SSSR count). The first-order valence-electron chi connectivity index (χ1n) is 11.4. The summed E-state index contributed by atoms with van der Waals surface area (Å²) in [5.41, 5.74) is 2.45. The van der Waals surface area contributed by atoms with Crippen LogP contribution in [0.1, 0.15) is 47.0 Å². The van der Waals surface area contributed by atoms with E-state index in [1.54, 1.807) is 31.2 Å². The Balaban J connectivity index is 1.38. The minimum Gasteiger partial charge on any atom is -0.480 e. The Kier molecular flexibility index (Phi) is 6.20. The van der Waals surface area contributed by atoms with Gasteiger partial charge in [-0.05, 0) is 43.5 Å². The van der Waals surface area contributed by atoms with Crippen molar-refractivity contribution in [2.24, 2.45) is 0 Å². The van der Waals surface area contributed by atoms with E-state index in [1.165, 1.54) is 24.3 Å². The van der Waals surface area contributed by atoms with Crippen LogP contribution < -0.4 is 10.1 Å². The van der Waals surface area contributed by atoms with Crippen molar-refractivity contribution in [3.05, 3.63) is 71.1 Å². The molecule has 0 amide bonds. The van der Waals surface area contributed by atoms with Gasteiger partial charge in [0.2, 0.25) is 5.88 Å². The number of alkyl halides is 3. The van der Waals surface area contributed by atoms with Gasteiger partial charge in [0.05, 0.1) is 24.7 Å². The predicted octanol–water partition coefficient (Wildman–Crippen LogP) is 4.82. The molecular formula is C25H21F3N8O. The quantitative estimate of drug-likeness (QED) is 0.380. The predicted molar refractivity (Wildman–Crippen MR) is 127 cm³/mol. The van der Waals surface area contributed by atoms with Gasteiger partial charge in [-0.15, -0.1) is 0 Å². The molecule has 1 fully saturated rings. The van der Waals surface area contributed by atoms with Crippen molar-refractivity contribution in [2.75, 3.05) is 12.4 Å². The number of benzene rings is 1. The Labute approximate surface area is 210 Å². The number of nitriles is 1. The van der Waals surface area contributed by atoms with Gasteiger partial charge in [0.1, 0.15) is 29.3 Å². The number of aryl methyl sites for hydroxylation is 1. The lowest BCUT2D eigenvalue weighted by Crippen LogP contribution is -2.08. The second kappa shape index (κ2) is 9.50. The lowest BCUT2D eigenvalue weighted by atomic mass is 10.1. The summed E-state index contributed by atoms with van der Waals surface area (Å²) in [6, 6.07) is 9.99. The van der Waals surface area contributed by atoms with E-state index >= 15 is 0 Å². The molecule has 1 N–H and O–H groups in total. The lowest BCUT2D eigenvalue weighted by molar-refractivity contribution is -0.141. The molecule has 12 heteroatoms. The summed E-state index contributed by atoms with van der Waals surface area (Å²) in [6.45, 7) is 1.88. The molecule has 0 radical (unpaired) electrons. The van der Waals surface area contributed by atoms with Crippen LogP contribution in [0, 0.1) is 18.3 Å². The number of anilines is 1. The van der Waals surface area contributed by atoms with Gasteiger partial charge in [-0.25, -0.2) is 24.6 Å². The number of nitrogens with one attached hydrogen (secondary N) is 1. The van der Waals surface area contributed by atoms with Gasteiger partial charge < -0.3 is 10.1 Å². The molecule has 0 aliphatic heterocycles. The molecule has 1 aliphatic carbocycles. The Morgan fingerprint density at radius 1 is 1.16 bits per heavy atom. The fraction of sp³-hybridized carbons (Fsp3) is 0.280. The zero-order valence-corrected chi connectivity index (χ0v) is 19.9. The maximum atomic E-state index is 13.0. The van der Waals surface area contributed by atoms with Crippen molar-refractivity contribution in [3.63, 3.8) is 0 Å². The molecule has 3 heterocycles. The Morgan fingerprint density at radius 3 is 2.54 bits per heavy atom. The van der Waals surface area contributed by atoms with Crippen LogP contribution in [-0.4, -0.2) is 36.8 Å². The van der Waals surface area contributed by atoms with Crippen LogP contribution in [0.4, 0.5) is 19.0 Å². The number of hydrogen-bond donors (Lipinski definition) is 1. The maximum absolute atomic E-state index is 13.0. The maximum Gasteiger partial charge on any atom is 0.435 e. The zero-order valence-electron chi connectivity index (χ0n) is 19.9. The van der Waals surface area contributed by atoms with Crippen LogP contribution >= 0.6 is 0 Å². The van der Waals surface area contributed by atoms with Crippen LogP contribution in [0.3, 0.4) is 0 Å². The van der Waals surface area contributed by atoms with E-state index in [4.69, 9.17) is 4.74 Å². The van der Waals surface area contributed by atoms with Crippen LogP contribution in [0.15, 0.2) is 42.9 Å². The summed E-state index contributed by atoms with van der Waals surface area (Å²) in [5, 5.41) is 16.4. The molecule has 188 valence electrons. The summed E-state index contributed by atoms with van der Waals surface area (Å²) in [5.74, 6) is 1.35. The van der Waals surface area contributed by atoms with E-state index < -0.39 is 11.9 Å². The molecule has 4 aromatic rings. The molecule has 37 heavy (non-hydrogen) atoms. The standard InChI is InChI=1S/C25H21F3N8O/c1-14-9-19(25(26,27)28)35-36(14)18-7-3-15(4-8-18)11-30-22-17(10-29)12-31-23(34-22)20-21(16-5-6-16)32-13-33-24(20)37-2/h3-4,7-9,12-13,16H,5-6,11H2,1-2H3,(H,30,31,34). The monoisotopic (exact) mass is 506 g/mol. The van der Waals surface area contributed by atoms with Gasteiger partial charge >= 0.3 is 6.18 Å². The number of rotatable bonds is 7. The van der Waals surface area contributed by atoms with E-state index in [2.05, 4.69) is 36.4 Å². The van der Waals surface area contributed by atoms with Gasteiger partial charge in [-0.1, -0.05) is 12.1 Å². The molecule has 0 saturated heterocycles. The van der Waals surface area contributed by atoms with Crippen molar-refractivity contribution >= 4 is 5.82 Å². The smallest absolute Gasteiger partial charge is 0.435 e. The highest BCUT2D eigenvalue weighted by atomic mass is 19.4. The molecule has 0 bridgehead atoms. The molecule has 9 nitrogen and oxygen atoms in total. The first-order valence-corrected chi connectivity index (χ1v) is 11.4. The third kappa shape index (κ3) is 4.93. The highest BCUT2D eigenvalue weighted by Crippen LogP contribution is 2.45. The van der Waals surface area contributed by atoms with E-state index in [0.717, 1.165) is 30.2 Å². The van der Waals surface area contributed by atoms with E-state index in [0.29, 0.717) is 46.9 Å². The SMILES string of the molecule is COc1ncnc(C2CC2)c1-c1ncc(C#N)c(NCc2ccc(-n3nc(C(F)(F)F)cc3C)cc2)n1. The zero-order chi connectivity index (χ0) is 26.2. The minimum atomic E-state index is -4.51. The van der Waals surface area contributed by atoms with Gasteiger partial charge in [0.25, 0.3) is 0 Å². The summed E-state index contributed by atoms with van der Waals surface area (Å²) >= 11 is 0. The molecular weight excluding hydrogens is 485 g/mol. The summed E-state index contributed by atoms with van der Waals surface area (Å²) in [6.07, 6.45) is 0.414. The van der Waals surface area contributed by atoms with Crippen LogP contribution in [0.25, 0.3) is 17.1 Å². The number of methoxy groups -OCH3 is 1. The van der Waals surface area contributed by atoms with E-state index in [9.17, 15) is 18.4 Å². The first kappa shape index (κ1) is 24.2. The molecule has 0 spiro atoms. The van der Waals surface area contributed by atoms with Crippen molar-refractivity contribution in [1.29, 1.82) is 5.26 Å². The minimum absolute atomic E-state index is 0.260. The fourth-order valence-electron chi connectivity index (χ4n) is 3.95. The van der Waals surface area contributed by atoms with Gasteiger partial charge in [-0.3, -0.25) is 0 Å². The summed E-state index contributed by atoms with van der Waals surface area (Å²) < 4.78 is 45.7. The van der Waals surface area contributed by atoms with Gasteiger partial charge in [0.15, 0.2) is 11.5 Å². The normalized spacial score (nSPS) is 13.3. The van der Waals surface area contributed by atoms with Crippen LogP contribution in [-0.2, 0) is 12.7 Å². The molecule has 0 unspecified atom stereocenters. The number of ether oxygens (including phenoxy) is 1. The molecule has 1 aliphatic rings. The fourth-order valence-corrected chi connectivity index (χ4v) is 3.95.